The second-order valence-corrected chi connectivity index (χ2v) is 6.03. The summed E-state index contributed by atoms with van der Waals surface area (Å²) in [5.74, 6) is 3.16. The molecule has 3 atom stereocenters. The molecule has 2 rings (SSSR count). The van der Waals surface area contributed by atoms with Gasteiger partial charge >= 0.3 is 0 Å². The van der Waals surface area contributed by atoms with Crippen LogP contribution in [0.15, 0.2) is 10.9 Å². The van der Waals surface area contributed by atoms with Crippen molar-refractivity contribution in [1.29, 1.82) is 0 Å². The summed E-state index contributed by atoms with van der Waals surface area (Å²) in [6.07, 6.45) is 3.68. The van der Waals surface area contributed by atoms with Crippen LogP contribution >= 0.6 is 0 Å². The van der Waals surface area contributed by atoms with Crippen LogP contribution in [0.25, 0.3) is 0 Å². The molecule has 0 radical (unpaired) electrons. The van der Waals surface area contributed by atoms with Crippen LogP contribution in [0, 0.1) is 11.8 Å². The van der Waals surface area contributed by atoms with Gasteiger partial charge in [0.2, 0.25) is 0 Å². The van der Waals surface area contributed by atoms with Gasteiger partial charge < -0.3 is 10.3 Å². The van der Waals surface area contributed by atoms with Crippen molar-refractivity contribution in [3.05, 3.63) is 22.2 Å². The van der Waals surface area contributed by atoms with Gasteiger partial charge in [-0.1, -0.05) is 34.1 Å². The number of nitrogens with zero attached hydrogens (tertiary/aromatic N) is 1. The highest BCUT2D eigenvalue weighted by molar-refractivity contribution is 5.35. The average molecular weight is 263 g/mol. The SMILES string of the molecule is CCC1CCC(Nc2cc(=O)[nH]c(C(C)C)n2)C1C. The molecule has 106 valence electrons. The van der Waals surface area contributed by atoms with Crippen LogP contribution in [0.3, 0.4) is 0 Å². The summed E-state index contributed by atoms with van der Waals surface area (Å²) in [6.45, 7) is 8.63. The summed E-state index contributed by atoms with van der Waals surface area (Å²) in [5, 5.41) is 3.46. The van der Waals surface area contributed by atoms with Gasteiger partial charge in [0.1, 0.15) is 11.6 Å². The first-order valence-corrected chi connectivity index (χ1v) is 7.39. The monoisotopic (exact) mass is 263 g/mol. The van der Waals surface area contributed by atoms with E-state index in [4.69, 9.17) is 0 Å². The summed E-state index contributed by atoms with van der Waals surface area (Å²) < 4.78 is 0. The van der Waals surface area contributed by atoms with Crippen LogP contribution in [0.4, 0.5) is 5.82 Å². The second-order valence-electron chi connectivity index (χ2n) is 6.03. The van der Waals surface area contributed by atoms with Crippen molar-refractivity contribution in [2.75, 3.05) is 5.32 Å². The molecule has 19 heavy (non-hydrogen) atoms. The van der Waals surface area contributed by atoms with Crippen LogP contribution in [0.1, 0.15) is 58.7 Å². The lowest BCUT2D eigenvalue weighted by Crippen LogP contribution is -2.26. The van der Waals surface area contributed by atoms with Gasteiger partial charge in [-0.15, -0.1) is 0 Å². The van der Waals surface area contributed by atoms with Crippen molar-refractivity contribution < 1.29 is 0 Å². The van der Waals surface area contributed by atoms with Gasteiger partial charge in [-0.3, -0.25) is 4.79 Å². The van der Waals surface area contributed by atoms with Crippen molar-refractivity contribution in [3.8, 4) is 0 Å². The van der Waals surface area contributed by atoms with Crippen molar-refractivity contribution in [3.63, 3.8) is 0 Å². The fraction of sp³-hybridized carbons (Fsp3) is 0.733. The summed E-state index contributed by atoms with van der Waals surface area (Å²) in [6, 6.07) is 2.01. The van der Waals surface area contributed by atoms with Gasteiger partial charge in [-0.25, -0.2) is 4.98 Å². The van der Waals surface area contributed by atoms with Gasteiger partial charge in [-0.2, -0.15) is 0 Å². The van der Waals surface area contributed by atoms with Crippen molar-refractivity contribution in [1.82, 2.24) is 9.97 Å². The van der Waals surface area contributed by atoms with E-state index >= 15 is 0 Å². The molecule has 0 aliphatic heterocycles. The standard InChI is InChI=1S/C15H25N3O/c1-5-11-6-7-12(10(11)4)16-13-8-14(19)18-15(17-13)9(2)3/h8-12H,5-7H2,1-4H3,(H2,16,17,18,19). The third kappa shape index (κ3) is 3.17. The predicted octanol–water partition coefficient (Wildman–Crippen LogP) is 3.13. The lowest BCUT2D eigenvalue weighted by Gasteiger charge is -2.21. The molecule has 1 aromatic rings. The van der Waals surface area contributed by atoms with Crippen LogP contribution in [0.5, 0.6) is 0 Å². The van der Waals surface area contributed by atoms with Gasteiger partial charge in [0.25, 0.3) is 5.56 Å². The van der Waals surface area contributed by atoms with E-state index in [1.807, 2.05) is 13.8 Å². The maximum Gasteiger partial charge on any atom is 0.252 e. The predicted molar refractivity (Wildman–Crippen MR) is 78.5 cm³/mol. The Morgan fingerprint density at radius 1 is 1.47 bits per heavy atom. The highest BCUT2D eigenvalue weighted by Gasteiger charge is 2.31. The molecule has 0 saturated heterocycles. The van der Waals surface area contributed by atoms with Crippen LogP contribution in [0.2, 0.25) is 0 Å². The van der Waals surface area contributed by atoms with Crippen LogP contribution < -0.4 is 10.9 Å². The molecule has 1 aliphatic carbocycles. The van der Waals surface area contributed by atoms with E-state index in [1.54, 1.807) is 6.07 Å². The first-order valence-electron chi connectivity index (χ1n) is 7.39. The number of hydrogen-bond acceptors (Lipinski definition) is 3. The molecule has 0 bridgehead atoms. The molecule has 1 aromatic heterocycles. The van der Waals surface area contributed by atoms with E-state index in [9.17, 15) is 4.79 Å². The maximum atomic E-state index is 11.7. The lowest BCUT2D eigenvalue weighted by molar-refractivity contribution is 0.391. The van der Waals surface area contributed by atoms with E-state index in [0.717, 1.165) is 17.6 Å². The molecule has 4 heteroatoms. The summed E-state index contributed by atoms with van der Waals surface area (Å²) >= 11 is 0. The Bertz CT molecular complexity index is 481. The van der Waals surface area contributed by atoms with E-state index in [-0.39, 0.29) is 11.5 Å². The molecule has 1 fully saturated rings. The van der Waals surface area contributed by atoms with E-state index in [0.29, 0.717) is 12.0 Å². The Morgan fingerprint density at radius 2 is 2.21 bits per heavy atom. The number of nitrogens with one attached hydrogen (secondary N) is 2. The zero-order chi connectivity index (χ0) is 14.0. The van der Waals surface area contributed by atoms with E-state index in [1.165, 1.54) is 19.3 Å². The van der Waals surface area contributed by atoms with Crippen molar-refractivity contribution >= 4 is 5.82 Å². The average Bonchev–Trinajstić information content (AvgIpc) is 2.70. The third-order valence-electron chi connectivity index (χ3n) is 4.39. The Morgan fingerprint density at radius 3 is 2.79 bits per heavy atom. The Kier molecular flexibility index (Phi) is 4.27. The third-order valence-corrected chi connectivity index (χ3v) is 4.39. The molecule has 0 amide bonds. The highest BCUT2D eigenvalue weighted by Crippen LogP contribution is 2.35. The minimum absolute atomic E-state index is 0.0705. The van der Waals surface area contributed by atoms with Crippen molar-refractivity contribution in [2.45, 2.75) is 58.9 Å². The largest absolute Gasteiger partial charge is 0.367 e. The van der Waals surface area contributed by atoms with Crippen molar-refractivity contribution in [2.24, 2.45) is 11.8 Å². The smallest absolute Gasteiger partial charge is 0.252 e. The highest BCUT2D eigenvalue weighted by atomic mass is 16.1. The summed E-state index contributed by atoms with van der Waals surface area (Å²) in [4.78, 5) is 19.0. The number of anilines is 1. The first-order chi connectivity index (χ1) is 9.01. The number of aromatic amines is 1. The molecule has 0 aromatic carbocycles. The summed E-state index contributed by atoms with van der Waals surface area (Å²) in [7, 11) is 0. The second kappa shape index (κ2) is 5.76. The molecular formula is C15H25N3O. The fourth-order valence-electron chi connectivity index (χ4n) is 3.04. The molecule has 4 nitrogen and oxygen atoms in total. The quantitative estimate of drug-likeness (QED) is 0.877. The van der Waals surface area contributed by atoms with Gasteiger partial charge in [0.05, 0.1) is 0 Å². The molecule has 1 aliphatic rings. The van der Waals surface area contributed by atoms with Gasteiger partial charge in [0, 0.05) is 18.0 Å². The van der Waals surface area contributed by atoms with E-state index < -0.39 is 0 Å². The van der Waals surface area contributed by atoms with Gasteiger partial charge in [0.15, 0.2) is 0 Å². The molecular weight excluding hydrogens is 238 g/mol. The van der Waals surface area contributed by atoms with Crippen LogP contribution in [-0.4, -0.2) is 16.0 Å². The zero-order valence-electron chi connectivity index (χ0n) is 12.4. The summed E-state index contributed by atoms with van der Waals surface area (Å²) in [5.41, 5.74) is -0.0705. The number of H-pyrrole nitrogens is 1. The molecule has 3 unspecified atom stereocenters. The zero-order valence-corrected chi connectivity index (χ0v) is 12.4. The first kappa shape index (κ1) is 14.1. The van der Waals surface area contributed by atoms with Crippen LogP contribution in [-0.2, 0) is 0 Å². The number of hydrogen-bond donors (Lipinski definition) is 2. The van der Waals surface area contributed by atoms with E-state index in [2.05, 4.69) is 29.1 Å². The molecule has 0 spiro atoms. The maximum absolute atomic E-state index is 11.7. The lowest BCUT2D eigenvalue weighted by atomic mass is 9.93. The molecule has 1 saturated carbocycles. The Labute approximate surface area is 115 Å². The normalized spacial score (nSPS) is 26.9. The Balaban J connectivity index is 2.13. The topological polar surface area (TPSA) is 57.8 Å². The molecule has 1 heterocycles. The van der Waals surface area contributed by atoms with Gasteiger partial charge in [-0.05, 0) is 24.7 Å². The number of aromatic nitrogens is 2. The minimum Gasteiger partial charge on any atom is -0.367 e. The number of rotatable bonds is 4. The fourth-order valence-corrected chi connectivity index (χ4v) is 3.04. The minimum atomic E-state index is -0.0705. The molecule has 2 N–H and O–H groups in total. The Hall–Kier alpha value is -1.32.